The van der Waals surface area contributed by atoms with Crippen molar-refractivity contribution in [3.63, 3.8) is 0 Å². The third-order valence-corrected chi connectivity index (χ3v) is 11.1. The molecule has 0 saturated heterocycles. The molecule has 0 aliphatic carbocycles. The third-order valence-electron chi connectivity index (χ3n) is 11.1. The van der Waals surface area contributed by atoms with Crippen molar-refractivity contribution in [3.05, 3.63) is 207 Å². The van der Waals surface area contributed by atoms with Crippen LogP contribution in [0.3, 0.4) is 0 Å². The first-order chi connectivity index (χ1) is 27.8. The van der Waals surface area contributed by atoms with E-state index >= 15 is 0 Å². The lowest BCUT2D eigenvalue weighted by molar-refractivity contribution is 0.990. The molecule has 262 valence electrons. The lowest BCUT2D eigenvalue weighted by atomic mass is 9.94. The van der Waals surface area contributed by atoms with E-state index in [1.807, 2.05) is 12.4 Å². The van der Waals surface area contributed by atoms with Crippen LogP contribution in [0.5, 0.6) is 0 Å². The Labute approximate surface area is 324 Å². The SMILES string of the molecule is c1ccc(-c2ccccc2-c2ccc(-c3cnc(-n4c5ccccc5c5ccc(-c6ccc7c(c6)c6ccccc6n7-c6ccccc6)cc54)nc3)cc2)cc1. The summed E-state index contributed by atoms with van der Waals surface area (Å²) >= 11 is 0. The Bertz CT molecular complexity index is 3210. The summed E-state index contributed by atoms with van der Waals surface area (Å²) in [4.78, 5) is 9.98. The molecular weight excluding hydrogens is 681 g/mol. The van der Waals surface area contributed by atoms with Gasteiger partial charge in [-0.15, -0.1) is 0 Å². The van der Waals surface area contributed by atoms with Crippen molar-refractivity contribution in [2.45, 2.75) is 0 Å². The van der Waals surface area contributed by atoms with Gasteiger partial charge in [-0.3, -0.25) is 4.57 Å². The highest BCUT2D eigenvalue weighted by Crippen LogP contribution is 2.38. The number of nitrogens with zero attached hydrogens (tertiary/aromatic N) is 4. The van der Waals surface area contributed by atoms with E-state index in [1.165, 1.54) is 60.4 Å². The molecule has 0 aliphatic heterocycles. The van der Waals surface area contributed by atoms with E-state index < -0.39 is 0 Å². The van der Waals surface area contributed by atoms with Crippen molar-refractivity contribution in [1.29, 1.82) is 0 Å². The fraction of sp³-hybridized carbons (Fsp3) is 0. The van der Waals surface area contributed by atoms with Gasteiger partial charge in [0.2, 0.25) is 5.95 Å². The topological polar surface area (TPSA) is 35.6 Å². The number of benzene rings is 8. The zero-order valence-corrected chi connectivity index (χ0v) is 30.4. The van der Waals surface area contributed by atoms with E-state index in [9.17, 15) is 0 Å². The average molecular weight is 715 g/mol. The molecule has 0 saturated carbocycles. The Morgan fingerprint density at radius 3 is 1.48 bits per heavy atom. The summed E-state index contributed by atoms with van der Waals surface area (Å²) < 4.78 is 4.55. The van der Waals surface area contributed by atoms with Gasteiger partial charge < -0.3 is 4.57 Å². The second-order valence-electron chi connectivity index (χ2n) is 14.3. The van der Waals surface area contributed by atoms with E-state index in [2.05, 4.69) is 203 Å². The summed E-state index contributed by atoms with van der Waals surface area (Å²) in [6.45, 7) is 0. The smallest absolute Gasteiger partial charge is 0.234 e. The van der Waals surface area contributed by atoms with Gasteiger partial charge in [-0.1, -0.05) is 152 Å². The molecular formula is C52H34N4. The lowest BCUT2D eigenvalue weighted by Crippen LogP contribution is -2.00. The molecule has 3 heterocycles. The number of hydrogen-bond donors (Lipinski definition) is 0. The zero-order chi connectivity index (χ0) is 37.0. The first kappa shape index (κ1) is 31.9. The maximum atomic E-state index is 4.99. The number of rotatable bonds is 6. The first-order valence-electron chi connectivity index (χ1n) is 19.0. The molecule has 4 heteroatoms. The predicted molar refractivity (Wildman–Crippen MR) is 232 cm³/mol. The highest BCUT2D eigenvalue weighted by molar-refractivity contribution is 6.12. The van der Waals surface area contributed by atoms with Crippen molar-refractivity contribution in [3.8, 4) is 56.1 Å². The Morgan fingerprint density at radius 1 is 0.286 bits per heavy atom. The van der Waals surface area contributed by atoms with Crippen LogP contribution in [0, 0.1) is 0 Å². The van der Waals surface area contributed by atoms with Crippen molar-refractivity contribution >= 4 is 43.6 Å². The van der Waals surface area contributed by atoms with Crippen LogP contribution in [0.1, 0.15) is 0 Å². The standard InChI is InChI=1S/C52H34N4/c1-3-13-36(14-4-1)42-17-7-8-18-43(42)37-25-23-35(24-26-37)40-33-53-52(54-34-40)56-49-22-12-9-19-44(49)46-29-27-39(32-51(46)56)38-28-30-50-47(31-38)45-20-10-11-21-48(45)55(50)41-15-5-2-6-16-41/h1-34H. The predicted octanol–water partition coefficient (Wildman–Crippen LogP) is 13.3. The fourth-order valence-corrected chi connectivity index (χ4v) is 8.41. The van der Waals surface area contributed by atoms with Gasteiger partial charge in [0.15, 0.2) is 0 Å². The van der Waals surface area contributed by atoms with Crippen LogP contribution < -0.4 is 0 Å². The van der Waals surface area contributed by atoms with E-state index in [1.54, 1.807) is 0 Å². The van der Waals surface area contributed by atoms with Crippen molar-refractivity contribution < 1.29 is 0 Å². The second-order valence-corrected chi connectivity index (χ2v) is 14.3. The molecule has 11 rings (SSSR count). The summed E-state index contributed by atoms with van der Waals surface area (Å²) in [7, 11) is 0. The Balaban J connectivity index is 0.975. The molecule has 0 spiro atoms. The van der Waals surface area contributed by atoms with Crippen LogP contribution in [-0.4, -0.2) is 19.1 Å². The minimum atomic E-state index is 0.645. The highest BCUT2D eigenvalue weighted by atomic mass is 15.1. The molecule has 0 aliphatic rings. The molecule has 0 unspecified atom stereocenters. The van der Waals surface area contributed by atoms with Crippen LogP contribution in [0.4, 0.5) is 0 Å². The largest absolute Gasteiger partial charge is 0.309 e. The zero-order valence-electron chi connectivity index (χ0n) is 30.4. The number of hydrogen-bond acceptors (Lipinski definition) is 2. The maximum absolute atomic E-state index is 4.99. The van der Waals surface area contributed by atoms with Gasteiger partial charge in [0.25, 0.3) is 0 Å². The van der Waals surface area contributed by atoms with E-state index in [-0.39, 0.29) is 0 Å². The van der Waals surface area contributed by atoms with E-state index in [0.29, 0.717) is 5.95 Å². The molecule has 3 aromatic heterocycles. The Morgan fingerprint density at radius 2 is 0.768 bits per heavy atom. The molecule has 8 aromatic carbocycles. The minimum absolute atomic E-state index is 0.645. The first-order valence-corrected chi connectivity index (χ1v) is 19.0. The third kappa shape index (κ3) is 5.23. The number of aromatic nitrogens is 4. The summed E-state index contributed by atoms with van der Waals surface area (Å²) in [6.07, 6.45) is 3.88. The minimum Gasteiger partial charge on any atom is -0.309 e. The maximum Gasteiger partial charge on any atom is 0.234 e. The quantitative estimate of drug-likeness (QED) is 0.172. The van der Waals surface area contributed by atoms with Gasteiger partial charge in [0.1, 0.15) is 0 Å². The number of fused-ring (bicyclic) bond motifs is 6. The summed E-state index contributed by atoms with van der Waals surface area (Å²) in [5.41, 5.74) is 14.9. The molecule has 4 nitrogen and oxygen atoms in total. The van der Waals surface area contributed by atoms with Gasteiger partial charge in [-0.25, -0.2) is 9.97 Å². The van der Waals surface area contributed by atoms with Gasteiger partial charge in [-0.2, -0.15) is 0 Å². The Kier molecular flexibility index (Phi) is 7.46. The lowest BCUT2D eigenvalue weighted by Gasteiger charge is -2.11. The van der Waals surface area contributed by atoms with Crippen molar-refractivity contribution in [1.82, 2.24) is 19.1 Å². The molecule has 0 atom stereocenters. The molecule has 0 amide bonds. The summed E-state index contributed by atoms with van der Waals surface area (Å²) in [5.74, 6) is 0.645. The van der Waals surface area contributed by atoms with Crippen molar-refractivity contribution in [2.75, 3.05) is 0 Å². The highest BCUT2D eigenvalue weighted by Gasteiger charge is 2.17. The van der Waals surface area contributed by atoms with Crippen LogP contribution in [0.25, 0.3) is 99.8 Å². The van der Waals surface area contributed by atoms with Crippen LogP contribution in [0.2, 0.25) is 0 Å². The van der Waals surface area contributed by atoms with Gasteiger partial charge in [-0.05, 0) is 81.4 Å². The normalized spacial score (nSPS) is 11.6. The molecule has 0 N–H and O–H groups in total. The fourth-order valence-electron chi connectivity index (χ4n) is 8.41. The van der Waals surface area contributed by atoms with Gasteiger partial charge >= 0.3 is 0 Å². The van der Waals surface area contributed by atoms with Crippen molar-refractivity contribution in [2.24, 2.45) is 0 Å². The summed E-state index contributed by atoms with van der Waals surface area (Å²) in [6, 6.07) is 69.2. The summed E-state index contributed by atoms with van der Waals surface area (Å²) in [5, 5.41) is 4.82. The monoisotopic (exact) mass is 714 g/mol. The number of para-hydroxylation sites is 3. The second kappa shape index (κ2) is 13.1. The van der Waals surface area contributed by atoms with Gasteiger partial charge in [0.05, 0.1) is 22.1 Å². The van der Waals surface area contributed by atoms with Crippen LogP contribution in [-0.2, 0) is 0 Å². The van der Waals surface area contributed by atoms with Gasteiger partial charge in [0, 0.05) is 45.2 Å². The Hall–Kier alpha value is -7.56. The van der Waals surface area contributed by atoms with E-state index in [0.717, 1.165) is 33.4 Å². The molecule has 0 fully saturated rings. The molecule has 0 radical (unpaired) electrons. The average Bonchev–Trinajstić information content (AvgIpc) is 3.79. The van der Waals surface area contributed by atoms with Crippen LogP contribution >= 0.6 is 0 Å². The van der Waals surface area contributed by atoms with E-state index in [4.69, 9.17) is 9.97 Å². The molecule has 0 bridgehead atoms. The van der Waals surface area contributed by atoms with Crippen LogP contribution in [0.15, 0.2) is 207 Å². The molecule has 56 heavy (non-hydrogen) atoms. The molecule has 11 aromatic rings.